The number of carbonyl (C=O) groups is 1. The van der Waals surface area contributed by atoms with Gasteiger partial charge in [0.15, 0.2) is 12.4 Å². The van der Waals surface area contributed by atoms with E-state index in [0.29, 0.717) is 25.3 Å². The van der Waals surface area contributed by atoms with E-state index in [4.69, 9.17) is 4.74 Å². The first-order chi connectivity index (χ1) is 11.8. The van der Waals surface area contributed by atoms with Crippen LogP contribution in [0.2, 0.25) is 0 Å². The zero-order valence-corrected chi connectivity index (χ0v) is 15.2. The Morgan fingerprint density at radius 2 is 2.20 bits per heavy atom. The van der Waals surface area contributed by atoms with Crippen molar-refractivity contribution < 1.29 is 19.6 Å². The van der Waals surface area contributed by atoms with E-state index in [0.717, 1.165) is 25.0 Å². The molecule has 1 aromatic heterocycles. The molecule has 1 aliphatic carbocycles. The van der Waals surface area contributed by atoms with Gasteiger partial charge in [-0.1, -0.05) is 12.2 Å². The molecule has 1 aliphatic heterocycles. The van der Waals surface area contributed by atoms with Crippen molar-refractivity contribution in [3.05, 3.63) is 42.2 Å². The molecule has 25 heavy (non-hydrogen) atoms. The average Bonchev–Trinajstić information content (AvgIpc) is 3.04. The minimum atomic E-state index is -0.746. The largest absolute Gasteiger partial charge is 0.446 e. The molecule has 2 N–H and O–H groups in total. The van der Waals surface area contributed by atoms with Gasteiger partial charge in [-0.2, -0.15) is 0 Å². The summed E-state index contributed by atoms with van der Waals surface area (Å²) in [5.74, 6) is 0.496. The number of carbonyl (C=O) groups excluding carboxylic acids is 1. The fraction of sp³-hybridized carbons (Fsp3) is 0.600. The van der Waals surface area contributed by atoms with Gasteiger partial charge in [-0.05, 0) is 45.1 Å². The molecular weight excluding hydrogens is 316 g/mol. The Labute approximate surface area is 149 Å². The second kappa shape index (κ2) is 7.16. The van der Waals surface area contributed by atoms with Crippen LogP contribution in [0.3, 0.4) is 0 Å². The van der Waals surface area contributed by atoms with Gasteiger partial charge in [0.1, 0.15) is 6.10 Å². The van der Waals surface area contributed by atoms with E-state index in [-0.39, 0.29) is 18.1 Å². The maximum atomic E-state index is 12.5. The Morgan fingerprint density at radius 3 is 2.88 bits per heavy atom. The van der Waals surface area contributed by atoms with Gasteiger partial charge < -0.3 is 14.7 Å². The summed E-state index contributed by atoms with van der Waals surface area (Å²) in [5, 5.41) is 10.4. The fourth-order valence-electron chi connectivity index (χ4n) is 4.22. The molecule has 1 amide bonds. The molecule has 4 atom stereocenters. The molecule has 1 saturated carbocycles. The zero-order valence-electron chi connectivity index (χ0n) is 15.2. The van der Waals surface area contributed by atoms with Crippen LogP contribution in [0.5, 0.6) is 0 Å². The number of pyridine rings is 1. The smallest absolute Gasteiger partial charge is 0.410 e. The summed E-state index contributed by atoms with van der Waals surface area (Å²) >= 11 is 0. The van der Waals surface area contributed by atoms with Crippen molar-refractivity contribution in [1.29, 1.82) is 0 Å². The van der Waals surface area contributed by atoms with Crippen LogP contribution in [0.1, 0.15) is 51.0 Å². The van der Waals surface area contributed by atoms with Crippen molar-refractivity contribution >= 4 is 6.09 Å². The molecule has 0 radical (unpaired) electrons. The van der Waals surface area contributed by atoms with Gasteiger partial charge in [-0.15, -0.1) is 0 Å². The van der Waals surface area contributed by atoms with E-state index < -0.39 is 5.60 Å². The van der Waals surface area contributed by atoms with Gasteiger partial charge >= 0.3 is 6.09 Å². The molecule has 2 aliphatic rings. The number of hydrogen-bond acceptors (Lipinski definition) is 3. The van der Waals surface area contributed by atoms with Crippen LogP contribution >= 0.6 is 0 Å². The summed E-state index contributed by atoms with van der Waals surface area (Å²) in [7, 11) is 0. The lowest BCUT2D eigenvalue weighted by Gasteiger charge is -2.38. The van der Waals surface area contributed by atoms with E-state index in [1.54, 1.807) is 4.90 Å². The minimum absolute atomic E-state index is 0.128. The standard InChI is InChI=1S/C20H28N2O3/c1-14-10-18(12-20(3,24)11-14)15(2)25-19(23)22-9-6-17(13-22)16-4-7-21-8-5-16/h4-5,7-8,15,17-18,24H,1,6,9-13H2,2-3H3/p+1. The number of aromatic amines is 1. The first-order valence-electron chi connectivity index (χ1n) is 9.15. The van der Waals surface area contributed by atoms with E-state index in [1.807, 2.05) is 26.2 Å². The Morgan fingerprint density at radius 1 is 1.48 bits per heavy atom. The third kappa shape index (κ3) is 4.40. The molecular formula is C20H29N2O3+. The summed E-state index contributed by atoms with van der Waals surface area (Å²) in [6.45, 7) is 9.22. The summed E-state index contributed by atoms with van der Waals surface area (Å²) < 4.78 is 5.73. The molecule has 0 bridgehead atoms. The van der Waals surface area contributed by atoms with Crippen molar-refractivity contribution in [2.75, 3.05) is 13.1 Å². The highest BCUT2D eigenvalue weighted by Crippen LogP contribution is 2.37. The van der Waals surface area contributed by atoms with Gasteiger partial charge in [0.05, 0.1) is 5.60 Å². The van der Waals surface area contributed by atoms with Gasteiger partial charge in [0.2, 0.25) is 0 Å². The lowest BCUT2D eigenvalue weighted by atomic mass is 9.75. The fourth-order valence-corrected chi connectivity index (χ4v) is 4.22. The SMILES string of the molecule is C=C1CC(C(C)OC(=O)N2CCC(c3cc[nH+]cc3)C2)CC(C)(O)C1. The number of H-pyrrole nitrogens is 1. The Bertz CT molecular complexity index is 629. The lowest BCUT2D eigenvalue weighted by molar-refractivity contribution is -0.378. The third-order valence-corrected chi connectivity index (χ3v) is 5.50. The molecule has 5 nitrogen and oxygen atoms in total. The normalized spacial score (nSPS) is 31.0. The van der Waals surface area contributed by atoms with Crippen molar-refractivity contribution in [2.45, 2.75) is 57.2 Å². The second-order valence-electron chi connectivity index (χ2n) is 7.95. The van der Waals surface area contributed by atoms with Gasteiger partial charge in [0.25, 0.3) is 0 Å². The second-order valence-corrected chi connectivity index (χ2v) is 7.95. The van der Waals surface area contributed by atoms with E-state index in [2.05, 4.69) is 23.7 Å². The van der Waals surface area contributed by atoms with Gasteiger partial charge in [0, 0.05) is 37.1 Å². The molecule has 136 valence electrons. The highest BCUT2D eigenvalue weighted by molar-refractivity contribution is 5.68. The number of nitrogens with one attached hydrogen (secondary N) is 1. The van der Waals surface area contributed by atoms with Gasteiger partial charge in [-0.25, -0.2) is 9.78 Å². The van der Waals surface area contributed by atoms with Crippen LogP contribution in [0.4, 0.5) is 4.79 Å². The van der Waals surface area contributed by atoms with Crippen molar-refractivity contribution in [3.8, 4) is 0 Å². The monoisotopic (exact) mass is 345 g/mol. The summed E-state index contributed by atoms with van der Waals surface area (Å²) in [6.07, 6.45) is 6.42. The topological polar surface area (TPSA) is 63.9 Å². The zero-order chi connectivity index (χ0) is 18.0. The molecule has 2 fully saturated rings. The maximum Gasteiger partial charge on any atom is 0.410 e. The summed E-state index contributed by atoms with van der Waals surface area (Å²) in [4.78, 5) is 17.4. The van der Waals surface area contributed by atoms with E-state index >= 15 is 0 Å². The molecule has 1 aromatic rings. The number of nitrogens with zero attached hydrogens (tertiary/aromatic N) is 1. The van der Waals surface area contributed by atoms with E-state index in [1.165, 1.54) is 5.56 Å². The van der Waals surface area contributed by atoms with Crippen LogP contribution in [-0.4, -0.2) is 40.9 Å². The Balaban J connectivity index is 1.55. The number of ether oxygens (including phenoxy) is 1. The van der Waals surface area contributed by atoms with Crippen LogP contribution in [0.15, 0.2) is 36.7 Å². The van der Waals surface area contributed by atoms with Crippen molar-refractivity contribution in [3.63, 3.8) is 0 Å². The van der Waals surface area contributed by atoms with E-state index in [9.17, 15) is 9.90 Å². The first-order valence-corrected chi connectivity index (χ1v) is 9.15. The number of likely N-dealkylation sites (tertiary alicyclic amines) is 1. The molecule has 3 rings (SSSR count). The first kappa shape index (κ1) is 17.9. The Kier molecular flexibility index (Phi) is 5.13. The lowest BCUT2D eigenvalue weighted by Crippen LogP contribution is -2.40. The molecule has 0 spiro atoms. The number of rotatable bonds is 3. The number of aromatic nitrogens is 1. The number of hydrogen-bond donors (Lipinski definition) is 1. The minimum Gasteiger partial charge on any atom is -0.446 e. The summed E-state index contributed by atoms with van der Waals surface area (Å²) in [5.41, 5.74) is 1.54. The molecule has 5 heteroatoms. The van der Waals surface area contributed by atoms with Crippen LogP contribution < -0.4 is 4.98 Å². The summed E-state index contributed by atoms with van der Waals surface area (Å²) in [6, 6.07) is 4.13. The van der Waals surface area contributed by atoms with Gasteiger partial charge in [-0.3, -0.25) is 0 Å². The van der Waals surface area contributed by atoms with Crippen LogP contribution in [0, 0.1) is 5.92 Å². The number of amides is 1. The molecule has 0 aromatic carbocycles. The Hall–Kier alpha value is -1.88. The molecule has 4 unspecified atom stereocenters. The molecule has 1 saturated heterocycles. The third-order valence-electron chi connectivity index (χ3n) is 5.50. The maximum absolute atomic E-state index is 12.5. The predicted octanol–water partition coefficient (Wildman–Crippen LogP) is 2.92. The number of aliphatic hydroxyl groups is 1. The van der Waals surface area contributed by atoms with Crippen LogP contribution in [-0.2, 0) is 4.74 Å². The van der Waals surface area contributed by atoms with Crippen molar-refractivity contribution in [2.24, 2.45) is 5.92 Å². The molecule has 2 heterocycles. The highest BCUT2D eigenvalue weighted by atomic mass is 16.6. The quantitative estimate of drug-likeness (QED) is 0.857. The average molecular weight is 345 g/mol. The predicted molar refractivity (Wildman–Crippen MR) is 95.0 cm³/mol. The highest BCUT2D eigenvalue weighted by Gasteiger charge is 2.37. The van der Waals surface area contributed by atoms with Crippen LogP contribution in [0.25, 0.3) is 0 Å². The van der Waals surface area contributed by atoms with Crippen molar-refractivity contribution in [1.82, 2.24) is 4.90 Å².